The van der Waals surface area contributed by atoms with E-state index in [0.717, 1.165) is 50.5 Å². The highest BCUT2D eigenvalue weighted by atomic mass is 35.5. The number of halogens is 2. The molecular weight excluding hydrogens is 419 g/mol. The Morgan fingerprint density at radius 1 is 1.13 bits per heavy atom. The number of aromatic amines is 1. The van der Waals surface area contributed by atoms with Gasteiger partial charge in [-0.2, -0.15) is 5.10 Å². The van der Waals surface area contributed by atoms with E-state index in [1.807, 2.05) is 54.1 Å². The highest BCUT2D eigenvalue weighted by Gasteiger charge is 2.15. The minimum atomic E-state index is 0. The minimum Gasteiger partial charge on any atom is -0.460 e. The van der Waals surface area contributed by atoms with E-state index in [1.54, 1.807) is 0 Å². The van der Waals surface area contributed by atoms with E-state index in [-0.39, 0.29) is 12.4 Å². The van der Waals surface area contributed by atoms with Crippen LogP contribution >= 0.6 is 24.0 Å². The first-order chi connectivity index (χ1) is 14.0. The summed E-state index contributed by atoms with van der Waals surface area (Å²) in [6.45, 7) is 6.86. The zero-order valence-corrected chi connectivity index (χ0v) is 18.5. The number of furan rings is 1. The van der Waals surface area contributed by atoms with Gasteiger partial charge < -0.3 is 9.40 Å². The molecule has 5 aromatic rings. The number of imidazole rings is 1. The molecule has 5 nitrogen and oxygen atoms in total. The standard InChI is InChI=1S/C23H21ClN4O.ClH/c1-13(2)21-11-15-9-17(24)10-16(22(15)29-21)12-28-14(3)8-20(27-28)23-25-18-6-4-5-7-19(18)26-23;/h4-11,13H,12H2,1-3H3,(H,25,26);1H. The number of rotatable bonds is 4. The van der Waals surface area contributed by atoms with Crippen LogP contribution in [0.2, 0.25) is 5.02 Å². The third-order valence-corrected chi connectivity index (χ3v) is 5.40. The van der Waals surface area contributed by atoms with Crippen LogP contribution in [0.1, 0.15) is 36.8 Å². The van der Waals surface area contributed by atoms with Crippen molar-refractivity contribution in [3.63, 3.8) is 0 Å². The predicted molar refractivity (Wildman–Crippen MR) is 124 cm³/mol. The summed E-state index contributed by atoms with van der Waals surface area (Å²) in [5.74, 6) is 2.05. The van der Waals surface area contributed by atoms with Gasteiger partial charge in [0.25, 0.3) is 0 Å². The monoisotopic (exact) mass is 440 g/mol. The van der Waals surface area contributed by atoms with Gasteiger partial charge in [0.05, 0.1) is 17.6 Å². The molecule has 1 N–H and O–H groups in total. The summed E-state index contributed by atoms with van der Waals surface area (Å²) in [4.78, 5) is 8.00. The van der Waals surface area contributed by atoms with Crippen LogP contribution in [0, 0.1) is 6.92 Å². The van der Waals surface area contributed by atoms with Gasteiger partial charge in [0.15, 0.2) is 5.82 Å². The first-order valence-corrected chi connectivity index (χ1v) is 10.1. The Morgan fingerprint density at radius 3 is 2.70 bits per heavy atom. The molecule has 0 saturated carbocycles. The molecule has 0 bridgehead atoms. The van der Waals surface area contributed by atoms with Crippen LogP contribution in [0.25, 0.3) is 33.5 Å². The second kappa shape index (κ2) is 7.82. The first kappa shape index (κ1) is 20.5. The van der Waals surface area contributed by atoms with Crippen molar-refractivity contribution < 1.29 is 4.42 Å². The molecule has 0 aliphatic heterocycles. The summed E-state index contributed by atoms with van der Waals surface area (Å²) in [6.07, 6.45) is 0. The molecule has 0 amide bonds. The van der Waals surface area contributed by atoms with Crippen LogP contribution < -0.4 is 0 Å². The molecule has 0 aliphatic rings. The second-order valence-corrected chi connectivity index (χ2v) is 8.15. The summed E-state index contributed by atoms with van der Waals surface area (Å²) in [7, 11) is 0. The maximum absolute atomic E-state index is 6.38. The number of hydrogen-bond donors (Lipinski definition) is 1. The van der Waals surface area contributed by atoms with Gasteiger partial charge in [-0.05, 0) is 43.3 Å². The lowest BCUT2D eigenvalue weighted by atomic mass is 10.1. The average molecular weight is 441 g/mol. The Morgan fingerprint density at radius 2 is 1.93 bits per heavy atom. The van der Waals surface area contributed by atoms with Crippen LogP contribution in [0.15, 0.2) is 52.9 Å². The smallest absolute Gasteiger partial charge is 0.159 e. The molecule has 7 heteroatoms. The molecule has 0 radical (unpaired) electrons. The highest BCUT2D eigenvalue weighted by Crippen LogP contribution is 2.31. The molecular formula is C23H22Cl2N4O. The summed E-state index contributed by atoms with van der Waals surface area (Å²) in [5, 5.41) is 6.51. The third-order valence-electron chi connectivity index (χ3n) is 5.18. The van der Waals surface area contributed by atoms with Crippen molar-refractivity contribution in [1.29, 1.82) is 0 Å². The Bertz CT molecular complexity index is 1310. The van der Waals surface area contributed by atoms with Gasteiger partial charge in [-0.3, -0.25) is 4.68 Å². The van der Waals surface area contributed by atoms with Gasteiger partial charge in [-0.1, -0.05) is 37.6 Å². The molecule has 0 unspecified atom stereocenters. The lowest BCUT2D eigenvalue weighted by Gasteiger charge is -2.06. The summed E-state index contributed by atoms with van der Waals surface area (Å²) >= 11 is 6.38. The van der Waals surface area contributed by atoms with Crippen molar-refractivity contribution in [3.8, 4) is 11.5 Å². The van der Waals surface area contributed by atoms with Gasteiger partial charge in [0, 0.05) is 27.6 Å². The molecule has 5 rings (SSSR count). The lowest BCUT2D eigenvalue weighted by Crippen LogP contribution is -2.04. The number of nitrogens with zero attached hydrogens (tertiary/aromatic N) is 3. The number of nitrogens with one attached hydrogen (secondary N) is 1. The molecule has 0 fully saturated rings. The van der Waals surface area contributed by atoms with Crippen LogP contribution in [0.3, 0.4) is 0 Å². The predicted octanol–water partition coefficient (Wildman–Crippen LogP) is 6.73. The van der Waals surface area contributed by atoms with Gasteiger partial charge in [-0.15, -0.1) is 12.4 Å². The average Bonchev–Trinajstić information content (AvgIpc) is 3.38. The number of aromatic nitrogens is 4. The second-order valence-electron chi connectivity index (χ2n) is 7.72. The Balaban J connectivity index is 0.00000218. The van der Waals surface area contributed by atoms with Gasteiger partial charge in [0.2, 0.25) is 0 Å². The minimum absolute atomic E-state index is 0. The normalized spacial score (nSPS) is 11.5. The van der Waals surface area contributed by atoms with E-state index in [0.29, 0.717) is 17.5 Å². The van der Waals surface area contributed by atoms with Crippen molar-refractivity contribution >= 4 is 46.0 Å². The zero-order chi connectivity index (χ0) is 20.1. The maximum Gasteiger partial charge on any atom is 0.159 e. The molecule has 0 spiro atoms. The molecule has 0 aliphatic carbocycles. The lowest BCUT2D eigenvalue weighted by molar-refractivity contribution is 0.516. The fraction of sp³-hybridized carbons (Fsp3) is 0.217. The summed E-state index contributed by atoms with van der Waals surface area (Å²) in [6, 6.07) is 16.0. The van der Waals surface area contributed by atoms with Crippen LogP contribution in [-0.4, -0.2) is 19.7 Å². The number of para-hydroxylation sites is 2. The molecule has 0 saturated heterocycles. The van der Waals surface area contributed by atoms with E-state index in [9.17, 15) is 0 Å². The summed E-state index contributed by atoms with van der Waals surface area (Å²) in [5.41, 5.74) is 5.69. The number of benzene rings is 2. The Kier molecular flexibility index (Phi) is 5.35. The van der Waals surface area contributed by atoms with Gasteiger partial charge in [0.1, 0.15) is 17.0 Å². The van der Waals surface area contributed by atoms with Gasteiger partial charge in [-0.25, -0.2) is 4.98 Å². The van der Waals surface area contributed by atoms with E-state index < -0.39 is 0 Å². The van der Waals surface area contributed by atoms with E-state index in [2.05, 4.69) is 29.9 Å². The van der Waals surface area contributed by atoms with Gasteiger partial charge >= 0.3 is 0 Å². The topological polar surface area (TPSA) is 59.6 Å². The van der Waals surface area contributed by atoms with Crippen LogP contribution in [0.4, 0.5) is 0 Å². The molecule has 3 aromatic heterocycles. The molecule has 154 valence electrons. The largest absolute Gasteiger partial charge is 0.460 e. The molecule has 0 atom stereocenters. The fourth-order valence-electron chi connectivity index (χ4n) is 3.63. The number of aryl methyl sites for hydroxylation is 1. The summed E-state index contributed by atoms with van der Waals surface area (Å²) < 4.78 is 8.10. The number of fused-ring (bicyclic) bond motifs is 2. The Labute approximate surface area is 185 Å². The number of H-pyrrole nitrogens is 1. The molecule has 30 heavy (non-hydrogen) atoms. The Hall–Kier alpha value is -2.76. The van der Waals surface area contributed by atoms with E-state index in [1.165, 1.54) is 0 Å². The third kappa shape index (κ3) is 3.59. The zero-order valence-electron chi connectivity index (χ0n) is 16.9. The highest BCUT2D eigenvalue weighted by molar-refractivity contribution is 6.31. The van der Waals surface area contributed by atoms with Crippen LogP contribution in [-0.2, 0) is 6.54 Å². The van der Waals surface area contributed by atoms with E-state index in [4.69, 9.17) is 21.1 Å². The van der Waals surface area contributed by atoms with Crippen molar-refractivity contribution in [3.05, 3.63) is 70.6 Å². The molecule has 3 heterocycles. The number of hydrogen-bond acceptors (Lipinski definition) is 3. The van der Waals surface area contributed by atoms with Crippen molar-refractivity contribution in [2.24, 2.45) is 0 Å². The first-order valence-electron chi connectivity index (χ1n) is 9.69. The van der Waals surface area contributed by atoms with Crippen molar-refractivity contribution in [1.82, 2.24) is 19.7 Å². The quantitative estimate of drug-likeness (QED) is 0.337. The van der Waals surface area contributed by atoms with Crippen molar-refractivity contribution in [2.45, 2.75) is 33.2 Å². The van der Waals surface area contributed by atoms with E-state index >= 15 is 0 Å². The molecule has 2 aromatic carbocycles. The maximum atomic E-state index is 6.38. The van der Waals surface area contributed by atoms with Crippen LogP contribution in [0.5, 0.6) is 0 Å². The fourth-order valence-corrected chi connectivity index (χ4v) is 3.88. The SMILES string of the molecule is Cc1cc(-c2nc3ccccc3[nH]2)nn1Cc1cc(Cl)cc2cc(C(C)C)oc12.Cl. The van der Waals surface area contributed by atoms with Crippen molar-refractivity contribution in [2.75, 3.05) is 0 Å².